The summed E-state index contributed by atoms with van der Waals surface area (Å²) in [7, 11) is 1.68. The Bertz CT molecular complexity index is 450. The Labute approximate surface area is 93.6 Å². The standard InChI is InChI=1S/C12H13NOS/c1-3-10-8-15-12(13-10)9-5-4-6-11(7-9)14-2/h4-8H,3H2,1-2H3. The highest BCUT2D eigenvalue weighted by molar-refractivity contribution is 7.13. The van der Waals surface area contributed by atoms with Gasteiger partial charge in [0.2, 0.25) is 0 Å². The van der Waals surface area contributed by atoms with Crippen LogP contribution in [0.25, 0.3) is 10.6 Å². The fourth-order valence-corrected chi connectivity index (χ4v) is 2.26. The summed E-state index contributed by atoms with van der Waals surface area (Å²) in [5.74, 6) is 0.876. The molecule has 1 heterocycles. The quantitative estimate of drug-likeness (QED) is 0.789. The van der Waals surface area contributed by atoms with E-state index in [9.17, 15) is 0 Å². The van der Waals surface area contributed by atoms with Gasteiger partial charge in [-0.15, -0.1) is 11.3 Å². The van der Waals surface area contributed by atoms with Crippen LogP contribution in [0.5, 0.6) is 5.75 Å². The molecule has 78 valence electrons. The molecule has 0 radical (unpaired) electrons. The van der Waals surface area contributed by atoms with Gasteiger partial charge in [0.05, 0.1) is 12.8 Å². The van der Waals surface area contributed by atoms with Gasteiger partial charge in [-0.25, -0.2) is 4.98 Å². The number of rotatable bonds is 3. The highest BCUT2D eigenvalue weighted by atomic mass is 32.1. The van der Waals surface area contributed by atoms with Crippen molar-refractivity contribution in [3.05, 3.63) is 35.3 Å². The summed E-state index contributed by atoms with van der Waals surface area (Å²) >= 11 is 1.68. The van der Waals surface area contributed by atoms with Gasteiger partial charge in [0, 0.05) is 10.9 Å². The predicted octanol–water partition coefficient (Wildman–Crippen LogP) is 3.38. The van der Waals surface area contributed by atoms with Crippen LogP contribution >= 0.6 is 11.3 Å². The molecule has 2 rings (SSSR count). The van der Waals surface area contributed by atoms with Crippen LogP contribution in [-0.2, 0) is 6.42 Å². The summed E-state index contributed by atoms with van der Waals surface area (Å²) < 4.78 is 5.19. The molecule has 0 spiro atoms. The monoisotopic (exact) mass is 219 g/mol. The molecule has 0 atom stereocenters. The highest BCUT2D eigenvalue weighted by Gasteiger charge is 2.04. The zero-order chi connectivity index (χ0) is 10.7. The van der Waals surface area contributed by atoms with Crippen LogP contribution < -0.4 is 4.74 Å². The minimum atomic E-state index is 0.876. The molecule has 3 heteroatoms. The molecular formula is C12H13NOS. The van der Waals surface area contributed by atoms with Crippen LogP contribution in [-0.4, -0.2) is 12.1 Å². The van der Waals surface area contributed by atoms with E-state index in [1.807, 2.05) is 18.2 Å². The molecule has 0 aliphatic rings. The molecule has 0 saturated heterocycles. The molecule has 1 aromatic heterocycles. The van der Waals surface area contributed by atoms with E-state index < -0.39 is 0 Å². The van der Waals surface area contributed by atoms with Crippen LogP contribution in [0.2, 0.25) is 0 Å². The van der Waals surface area contributed by atoms with E-state index in [4.69, 9.17) is 4.74 Å². The molecule has 0 N–H and O–H groups in total. The van der Waals surface area contributed by atoms with Gasteiger partial charge in [0.15, 0.2) is 0 Å². The summed E-state index contributed by atoms with van der Waals surface area (Å²) in [5, 5.41) is 3.17. The number of aromatic nitrogens is 1. The van der Waals surface area contributed by atoms with Gasteiger partial charge in [-0.1, -0.05) is 19.1 Å². The molecule has 0 fully saturated rings. The lowest BCUT2D eigenvalue weighted by Crippen LogP contribution is -1.84. The second kappa shape index (κ2) is 4.45. The van der Waals surface area contributed by atoms with Gasteiger partial charge >= 0.3 is 0 Å². The van der Waals surface area contributed by atoms with Crippen molar-refractivity contribution in [3.8, 4) is 16.3 Å². The first kappa shape index (κ1) is 10.2. The maximum absolute atomic E-state index is 5.19. The molecular weight excluding hydrogens is 206 g/mol. The molecule has 0 unspecified atom stereocenters. The van der Waals surface area contributed by atoms with E-state index in [-0.39, 0.29) is 0 Å². The minimum absolute atomic E-state index is 0.876. The van der Waals surface area contributed by atoms with E-state index in [0.717, 1.165) is 28.4 Å². The Kier molecular flexibility index (Phi) is 3.02. The first-order valence-electron chi connectivity index (χ1n) is 4.92. The van der Waals surface area contributed by atoms with E-state index in [1.165, 1.54) is 0 Å². The van der Waals surface area contributed by atoms with Crippen molar-refractivity contribution in [3.63, 3.8) is 0 Å². The first-order chi connectivity index (χ1) is 7.33. The second-order valence-corrected chi connectivity index (χ2v) is 4.09. The maximum Gasteiger partial charge on any atom is 0.123 e. The van der Waals surface area contributed by atoms with E-state index in [2.05, 4.69) is 23.4 Å². The maximum atomic E-state index is 5.19. The van der Waals surface area contributed by atoms with Crippen LogP contribution in [0.15, 0.2) is 29.6 Å². The largest absolute Gasteiger partial charge is 0.497 e. The number of methoxy groups -OCH3 is 1. The summed E-state index contributed by atoms with van der Waals surface area (Å²) in [6, 6.07) is 8.00. The molecule has 0 aliphatic heterocycles. The number of benzene rings is 1. The third-order valence-electron chi connectivity index (χ3n) is 2.23. The number of nitrogens with zero attached hydrogens (tertiary/aromatic N) is 1. The number of thiazole rings is 1. The zero-order valence-corrected chi connectivity index (χ0v) is 9.67. The number of ether oxygens (including phenoxy) is 1. The van der Waals surface area contributed by atoms with Crippen molar-refractivity contribution in [2.45, 2.75) is 13.3 Å². The van der Waals surface area contributed by atoms with Gasteiger partial charge in [-0.3, -0.25) is 0 Å². The van der Waals surface area contributed by atoms with Crippen molar-refractivity contribution in [1.29, 1.82) is 0 Å². The van der Waals surface area contributed by atoms with Gasteiger partial charge in [-0.05, 0) is 18.6 Å². The Balaban J connectivity index is 2.35. The summed E-state index contributed by atoms with van der Waals surface area (Å²) in [5.41, 5.74) is 2.27. The van der Waals surface area contributed by atoms with E-state index in [0.29, 0.717) is 0 Å². The molecule has 1 aromatic carbocycles. The molecule has 0 bridgehead atoms. The Morgan fingerprint density at radius 2 is 2.27 bits per heavy atom. The van der Waals surface area contributed by atoms with E-state index >= 15 is 0 Å². The topological polar surface area (TPSA) is 22.1 Å². The normalized spacial score (nSPS) is 10.3. The number of hydrogen-bond donors (Lipinski definition) is 0. The Morgan fingerprint density at radius 1 is 1.40 bits per heavy atom. The predicted molar refractivity (Wildman–Crippen MR) is 63.5 cm³/mol. The summed E-state index contributed by atoms with van der Waals surface area (Å²) in [6.07, 6.45) is 0.987. The fourth-order valence-electron chi connectivity index (χ4n) is 1.36. The van der Waals surface area contributed by atoms with Crippen LogP contribution in [0.4, 0.5) is 0 Å². The van der Waals surface area contributed by atoms with Crippen molar-refractivity contribution < 1.29 is 4.74 Å². The molecule has 2 aromatic rings. The van der Waals surface area contributed by atoms with Gasteiger partial charge in [0.1, 0.15) is 10.8 Å². The first-order valence-corrected chi connectivity index (χ1v) is 5.80. The van der Waals surface area contributed by atoms with Crippen molar-refractivity contribution in [2.75, 3.05) is 7.11 Å². The second-order valence-electron chi connectivity index (χ2n) is 3.23. The van der Waals surface area contributed by atoms with E-state index in [1.54, 1.807) is 18.4 Å². The Morgan fingerprint density at radius 3 is 2.93 bits per heavy atom. The Hall–Kier alpha value is -1.35. The highest BCUT2D eigenvalue weighted by Crippen LogP contribution is 2.26. The molecule has 0 aliphatic carbocycles. The third-order valence-corrected chi connectivity index (χ3v) is 3.17. The van der Waals surface area contributed by atoms with Gasteiger partial charge in [0.25, 0.3) is 0 Å². The average Bonchev–Trinajstić information content (AvgIpc) is 2.78. The van der Waals surface area contributed by atoms with Crippen molar-refractivity contribution >= 4 is 11.3 Å². The zero-order valence-electron chi connectivity index (χ0n) is 8.86. The smallest absolute Gasteiger partial charge is 0.123 e. The van der Waals surface area contributed by atoms with Gasteiger partial charge < -0.3 is 4.74 Å². The number of hydrogen-bond acceptors (Lipinski definition) is 3. The lowest BCUT2D eigenvalue weighted by molar-refractivity contribution is 0.415. The van der Waals surface area contributed by atoms with Crippen LogP contribution in [0.1, 0.15) is 12.6 Å². The summed E-state index contributed by atoms with van der Waals surface area (Å²) in [4.78, 5) is 4.54. The molecule has 15 heavy (non-hydrogen) atoms. The lowest BCUT2D eigenvalue weighted by Gasteiger charge is -2.00. The van der Waals surface area contributed by atoms with Gasteiger partial charge in [-0.2, -0.15) is 0 Å². The third kappa shape index (κ3) is 2.18. The SMILES string of the molecule is CCc1csc(-c2cccc(OC)c2)n1. The lowest BCUT2D eigenvalue weighted by atomic mass is 10.2. The molecule has 2 nitrogen and oxygen atoms in total. The molecule has 0 amide bonds. The minimum Gasteiger partial charge on any atom is -0.497 e. The number of aryl methyl sites for hydroxylation is 1. The van der Waals surface area contributed by atoms with Crippen molar-refractivity contribution in [2.24, 2.45) is 0 Å². The van der Waals surface area contributed by atoms with Crippen molar-refractivity contribution in [1.82, 2.24) is 4.98 Å². The average molecular weight is 219 g/mol. The molecule has 0 saturated carbocycles. The van der Waals surface area contributed by atoms with Crippen LogP contribution in [0, 0.1) is 0 Å². The van der Waals surface area contributed by atoms with Crippen LogP contribution in [0.3, 0.4) is 0 Å². The summed E-state index contributed by atoms with van der Waals surface area (Å²) in [6.45, 7) is 2.12. The fraction of sp³-hybridized carbons (Fsp3) is 0.250.